The molecule has 1 N–H and O–H groups in total. The molecule has 0 saturated carbocycles. The first-order chi connectivity index (χ1) is 13.8. The maximum absolute atomic E-state index is 12.3. The van der Waals surface area contributed by atoms with E-state index in [0.29, 0.717) is 13.0 Å². The molecule has 0 radical (unpaired) electrons. The minimum Gasteiger partial charge on any atom is -0.497 e. The summed E-state index contributed by atoms with van der Waals surface area (Å²) in [6.45, 7) is 3.70. The first kappa shape index (κ1) is 20.4. The summed E-state index contributed by atoms with van der Waals surface area (Å²) >= 11 is 0. The van der Waals surface area contributed by atoms with E-state index in [1.165, 1.54) is 5.56 Å². The summed E-state index contributed by atoms with van der Waals surface area (Å²) in [6, 6.07) is 12.0. The van der Waals surface area contributed by atoms with Crippen LogP contribution in [0, 0.1) is 0 Å². The second-order valence-electron chi connectivity index (χ2n) is 7.04. The van der Waals surface area contributed by atoms with Gasteiger partial charge in [0.2, 0.25) is 5.91 Å². The number of aryl methyl sites for hydroxylation is 1. The lowest BCUT2D eigenvalue weighted by Crippen LogP contribution is -2.43. The van der Waals surface area contributed by atoms with E-state index >= 15 is 0 Å². The van der Waals surface area contributed by atoms with Crippen molar-refractivity contribution in [1.29, 1.82) is 0 Å². The Hall–Kier alpha value is -2.31. The Bertz CT molecular complexity index is 694. The molecule has 1 aromatic heterocycles. The van der Waals surface area contributed by atoms with Crippen LogP contribution < -0.4 is 10.1 Å². The van der Waals surface area contributed by atoms with Gasteiger partial charge in [-0.3, -0.25) is 9.69 Å². The highest BCUT2D eigenvalue weighted by Gasteiger charge is 2.25. The zero-order chi connectivity index (χ0) is 19.6. The summed E-state index contributed by atoms with van der Waals surface area (Å²) in [5.74, 6) is 1.86. The highest BCUT2D eigenvalue weighted by atomic mass is 16.5. The fourth-order valence-corrected chi connectivity index (χ4v) is 3.49. The van der Waals surface area contributed by atoms with E-state index in [-0.39, 0.29) is 11.9 Å². The number of ether oxygens (including phenoxy) is 2. The van der Waals surface area contributed by atoms with Crippen molar-refractivity contribution in [3.63, 3.8) is 0 Å². The molecule has 1 unspecified atom stereocenters. The van der Waals surface area contributed by atoms with Crippen molar-refractivity contribution in [2.24, 2.45) is 0 Å². The Morgan fingerprint density at radius 2 is 1.96 bits per heavy atom. The van der Waals surface area contributed by atoms with Gasteiger partial charge in [0.15, 0.2) is 0 Å². The lowest BCUT2D eigenvalue weighted by Gasteiger charge is -2.33. The van der Waals surface area contributed by atoms with Gasteiger partial charge in [0.25, 0.3) is 0 Å². The summed E-state index contributed by atoms with van der Waals surface area (Å²) in [5.41, 5.74) is 1.27. The van der Waals surface area contributed by atoms with Gasteiger partial charge in [-0.1, -0.05) is 12.1 Å². The molecule has 1 aliphatic rings. The van der Waals surface area contributed by atoms with Crippen LogP contribution in [-0.2, 0) is 16.0 Å². The third kappa shape index (κ3) is 6.11. The minimum absolute atomic E-state index is 0.0575. The van der Waals surface area contributed by atoms with Crippen molar-refractivity contribution in [1.82, 2.24) is 10.2 Å². The van der Waals surface area contributed by atoms with E-state index in [9.17, 15) is 4.79 Å². The highest BCUT2D eigenvalue weighted by molar-refractivity contribution is 5.75. The third-order valence-corrected chi connectivity index (χ3v) is 5.13. The van der Waals surface area contributed by atoms with Crippen molar-refractivity contribution in [3.05, 3.63) is 54.0 Å². The average molecular weight is 386 g/mol. The van der Waals surface area contributed by atoms with Crippen LogP contribution in [0.3, 0.4) is 0 Å². The van der Waals surface area contributed by atoms with Crippen LogP contribution in [0.15, 0.2) is 47.1 Å². The van der Waals surface area contributed by atoms with Gasteiger partial charge in [0.05, 0.1) is 32.6 Å². The maximum Gasteiger partial charge on any atom is 0.220 e. The fraction of sp³-hybridized carbons (Fsp3) is 0.500. The van der Waals surface area contributed by atoms with Crippen LogP contribution in [-0.4, -0.2) is 50.8 Å². The lowest BCUT2D eigenvalue weighted by atomic mass is 10.1. The predicted octanol–water partition coefficient (Wildman–Crippen LogP) is 3.19. The molecule has 28 heavy (non-hydrogen) atoms. The molecule has 1 saturated heterocycles. The summed E-state index contributed by atoms with van der Waals surface area (Å²) in [7, 11) is 1.67. The first-order valence-corrected chi connectivity index (χ1v) is 10.0. The normalized spacial score (nSPS) is 15.9. The van der Waals surface area contributed by atoms with Gasteiger partial charge in [0, 0.05) is 26.1 Å². The quantitative estimate of drug-likeness (QED) is 0.636. The van der Waals surface area contributed by atoms with Crippen LogP contribution in [0.4, 0.5) is 0 Å². The van der Waals surface area contributed by atoms with E-state index in [1.807, 2.05) is 24.3 Å². The fourth-order valence-electron chi connectivity index (χ4n) is 3.49. The molecule has 1 atom stereocenters. The van der Waals surface area contributed by atoms with Crippen molar-refractivity contribution in [2.45, 2.75) is 31.7 Å². The topological polar surface area (TPSA) is 63.9 Å². The van der Waals surface area contributed by atoms with Gasteiger partial charge in [0.1, 0.15) is 11.5 Å². The largest absolute Gasteiger partial charge is 0.497 e. The number of hydrogen-bond acceptors (Lipinski definition) is 5. The van der Waals surface area contributed by atoms with Gasteiger partial charge in [-0.25, -0.2) is 0 Å². The number of benzene rings is 1. The molecule has 3 rings (SSSR count). The Kier molecular flexibility index (Phi) is 7.94. The van der Waals surface area contributed by atoms with Crippen LogP contribution in [0.5, 0.6) is 5.75 Å². The summed E-state index contributed by atoms with van der Waals surface area (Å²) in [6.07, 6.45) is 5.07. The number of nitrogens with zero attached hydrogens (tertiary/aromatic N) is 1. The number of furan rings is 1. The number of carbonyl (C=O) groups is 1. The molecule has 0 aliphatic carbocycles. The molecule has 2 aromatic rings. The second kappa shape index (κ2) is 10.9. The van der Waals surface area contributed by atoms with Gasteiger partial charge in [-0.2, -0.15) is 0 Å². The van der Waals surface area contributed by atoms with Gasteiger partial charge in [-0.15, -0.1) is 0 Å². The number of methoxy groups -OCH3 is 1. The monoisotopic (exact) mass is 386 g/mol. The zero-order valence-electron chi connectivity index (χ0n) is 16.6. The number of hydrogen-bond donors (Lipinski definition) is 1. The maximum atomic E-state index is 12.3. The van der Waals surface area contributed by atoms with Crippen molar-refractivity contribution >= 4 is 5.91 Å². The summed E-state index contributed by atoms with van der Waals surface area (Å²) in [5, 5.41) is 3.08. The molecular weight excluding hydrogens is 356 g/mol. The molecule has 1 aliphatic heterocycles. The molecule has 6 heteroatoms. The Balaban J connectivity index is 1.39. The molecular formula is C22H30N2O4. The second-order valence-corrected chi connectivity index (χ2v) is 7.04. The van der Waals surface area contributed by atoms with Crippen LogP contribution in [0.2, 0.25) is 0 Å². The van der Waals surface area contributed by atoms with E-state index in [2.05, 4.69) is 22.3 Å². The van der Waals surface area contributed by atoms with Crippen molar-refractivity contribution in [2.75, 3.05) is 40.0 Å². The standard InChI is InChI=1S/C22H30N2O4/c1-26-19-10-8-18(9-11-19)5-2-3-7-22(25)23-17-20(21-6-4-14-28-21)24-12-15-27-16-13-24/h4,6,8-11,14,20H,2-3,5,7,12-13,15-17H2,1H3,(H,23,25). The van der Waals surface area contributed by atoms with E-state index in [0.717, 1.165) is 57.1 Å². The third-order valence-electron chi connectivity index (χ3n) is 5.13. The molecule has 1 fully saturated rings. The molecule has 0 spiro atoms. The Morgan fingerprint density at radius 1 is 1.18 bits per heavy atom. The van der Waals surface area contributed by atoms with Gasteiger partial charge in [-0.05, 0) is 49.1 Å². The Labute approximate surface area is 166 Å². The number of nitrogens with one attached hydrogen (secondary N) is 1. The SMILES string of the molecule is COc1ccc(CCCCC(=O)NCC(c2ccco2)N2CCOCC2)cc1. The van der Waals surface area contributed by atoms with Crippen molar-refractivity contribution in [3.8, 4) is 5.75 Å². The number of unbranched alkanes of at least 4 members (excludes halogenated alkanes) is 1. The summed E-state index contributed by atoms with van der Waals surface area (Å²) in [4.78, 5) is 14.6. The Morgan fingerprint density at radius 3 is 2.64 bits per heavy atom. The lowest BCUT2D eigenvalue weighted by molar-refractivity contribution is -0.121. The summed E-state index contributed by atoms with van der Waals surface area (Å²) < 4.78 is 16.2. The molecule has 2 heterocycles. The molecule has 1 aromatic carbocycles. The smallest absolute Gasteiger partial charge is 0.220 e. The minimum atomic E-state index is 0.0575. The molecule has 0 bridgehead atoms. The number of morpholine rings is 1. The van der Waals surface area contributed by atoms with E-state index < -0.39 is 0 Å². The average Bonchev–Trinajstić information content (AvgIpc) is 3.27. The molecule has 152 valence electrons. The first-order valence-electron chi connectivity index (χ1n) is 10.0. The predicted molar refractivity (Wildman–Crippen MR) is 107 cm³/mol. The molecule has 6 nitrogen and oxygen atoms in total. The molecule has 1 amide bonds. The number of amides is 1. The van der Waals surface area contributed by atoms with E-state index in [1.54, 1.807) is 13.4 Å². The van der Waals surface area contributed by atoms with Crippen LogP contribution in [0.1, 0.15) is 36.6 Å². The van der Waals surface area contributed by atoms with Gasteiger partial charge < -0.3 is 19.2 Å². The van der Waals surface area contributed by atoms with Crippen LogP contribution >= 0.6 is 0 Å². The van der Waals surface area contributed by atoms with Crippen LogP contribution in [0.25, 0.3) is 0 Å². The number of rotatable bonds is 10. The van der Waals surface area contributed by atoms with Gasteiger partial charge >= 0.3 is 0 Å². The highest BCUT2D eigenvalue weighted by Crippen LogP contribution is 2.21. The van der Waals surface area contributed by atoms with E-state index in [4.69, 9.17) is 13.9 Å². The van der Waals surface area contributed by atoms with Crippen molar-refractivity contribution < 1.29 is 18.7 Å². The number of carbonyl (C=O) groups excluding carboxylic acids is 1. The zero-order valence-corrected chi connectivity index (χ0v) is 16.6.